The predicted molar refractivity (Wildman–Crippen MR) is 140 cm³/mol. The van der Waals surface area contributed by atoms with Crippen molar-refractivity contribution >= 4 is 23.3 Å². The van der Waals surface area contributed by atoms with Gasteiger partial charge < -0.3 is 14.4 Å². The summed E-state index contributed by atoms with van der Waals surface area (Å²) in [5, 5.41) is 12.0. The van der Waals surface area contributed by atoms with Gasteiger partial charge in [0.05, 0.1) is 29.3 Å². The van der Waals surface area contributed by atoms with Gasteiger partial charge in [-0.15, -0.1) is 5.10 Å². The molecule has 4 heterocycles. The van der Waals surface area contributed by atoms with Gasteiger partial charge in [0.15, 0.2) is 0 Å². The van der Waals surface area contributed by atoms with Crippen LogP contribution in [0.4, 0.5) is 5.69 Å². The molecule has 1 aliphatic heterocycles. The first-order valence-electron chi connectivity index (χ1n) is 11.8. The molecule has 1 atom stereocenters. The number of pyridine rings is 1. The third-order valence-corrected chi connectivity index (χ3v) is 6.65. The van der Waals surface area contributed by atoms with Crippen LogP contribution in [0, 0.1) is 0 Å². The van der Waals surface area contributed by atoms with E-state index in [9.17, 15) is 9.59 Å². The molecule has 2 aromatic carbocycles. The molecule has 190 valence electrons. The Kier molecular flexibility index (Phi) is 5.97. The van der Waals surface area contributed by atoms with Crippen LogP contribution in [-0.2, 0) is 16.1 Å². The lowest BCUT2D eigenvalue weighted by Crippen LogP contribution is -2.23. The molecule has 2 N–H and O–H groups in total. The number of fused-ring (bicyclic) bond motifs is 1. The van der Waals surface area contributed by atoms with E-state index in [0.717, 1.165) is 46.6 Å². The van der Waals surface area contributed by atoms with Crippen LogP contribution >= 0.6 is 11.6 Å². The topological polar surface area (TPSA) is 133 Å². The van der Waals surface area contributed by atoms with E-state index in [2.05, 4.69) is 31.0 Å². The first kappa shape index (κ1) is 23.6. The molecule has 0 amide bonds. The van der Waals surface area contributed by atoms with Crippen molar-refractivity contribution in [1.82, 2.24) is 34.7 Å². The molecule has 1 aliphatic rings. The van der Waals surface area contributed by atoms with Gasteiger partial charge in [0.1, 0.15) is 12.2 Å². The van der Waals surface area contributed by atoms with Crippen LogP contribution in [-0.4, -0.2) is 40.7 Å². The molecular weight excluding hydrogens is 508 g/mol. The SMILES string of the molecule is CC(=O)ONc1ccc(-c2cnc([C@@H]3CCc4cc(-c5cc(Cl)ccc5-n5cnnn5)cc(=O)n43)[nH]2)cc1. The Morgan fingerprint density at radius 1 is 1.13 bits per heavy atom. The van der Waals surface area contributed by atoms with E-state index < -0.39 is 5.97 Å². The summed E-state index contributed by atoms with van der Waals surface area (Å²) < 4.78 is 3.34. The average molecular weight is 529 g/mol. The minimum absolute atomic E-state index is 0.124. The number of anilines is 1. The standard InChI is InChI=1S/C26H21ClN8O3/c1-15(36)38-31-19-5-2-16(3-6-19)22-13-28-26(30-22)24-9-7-20-10-17(11-25(37)35(20)24)21-12-18(27)4-8-23(21)34-14-29-32-33-34/h2-6,8,10-14,24,31H,7,9H2,1H3,(H,28,30)/t24-/m0/s1. The van der Waals surface area contributed by atoms with Crippen molar-refractivity contribution in [1.29, 1.82) is 0 Å². The lowest BCUT2D eigenvalue weighted by Gasteiger charge is -2.15. The van der Waals surface area contributed by atoms with Crippen molar-refractivity contribution in [2.24, 2.45) is 0 Å². The maximum Gasteiger partial charge on any atom is 0.329 e. The van der Waals surface area contributed by atoms with Gasteiger partial charge in [-0.25, -0.2) is 10.5 Å². The predicted octanol–water partition coefficient (Wildman–Crippen LogP) is 3.96. The Morgan fingerprint density at radius 3 is 2.74 bits per heavy atom. The van der Waals surface area contributed by atoms with Crippen LogP contribution in [0.25, 0.3) is 28.1 Å². The highest BCUT2D eigenvalue weighted by Crippen LogP contribution is 2.34. The van der Waals surface area contributed by atoms with E-state index in [1.165, 1.54) is 13.3 Å². The molecule has 11 nitrogen and oxygen atoms in total. The molecule has 12 heteroatoms. The monoisotopic (exact) mass is 528 g/mol. The molecule has 3 aromatic heterocycles. The van der Waals surface area contributed by atoms with Crippen LogP contribution in [0.1, 0.15) is 30.9 Å². The molecule has 0 radical (unpaired) electrons. The maximum atomic E-state index is 13.4. The third-order valence-electron chi connectivity index (χ3n) is 6.42. The molecule has 0 bridgehead atoms. The van der Waals surface area contributed by atoms with Crippen LogP contribution < -0.4 is 11.0 Å². The van der Waals surface area contributed by atoms with Gasteiger partial charge in [0.2, 0.25) is 0 Å². The van der Waals surface area contributed by atoms with Crippen molar-refractivity contribution in [3.63, 3.8) is 0 Å². The number of hydrogen-bond donors (Lipinski definition) is 2. The Bertz CT molecular complexity index is 1690. The second-order valence-corrected chi connectivity index (χ2v) is 9.31. The third kappa shape index (κ3) is 4.43. The molecule has 6 rings (SSSR count). The summed E-state index contributed by atoms with van der Waals surface area (Å²) in [5.41, 5.74) is 8.00. The molecule has 0 saturated heterocycles. The van der Waals surface area contributed by atoms with Gasteiger partial charge in [0.25, 0.3) is 5.56 Å². The number of hydrogen-bond acceptors (Lipinski definition) is 8. The zero-order valence-corrected chi connectivity index (χ0v) is 20.9. The zero-order chi connectivity index (χ0) is 26.2. The summed E-state index contributed by atoms with van der Waals surface area (Å²) in [5.74, 6) is 0.292. The Morgan fingerprint density at radius 2 is 1.97 bits per heavy atom. The fourth-order valence-corrected chi connectivity index (χ4v) is 4.89. The maximum absolute atomic E-state index is 13.4. The number of nitrogens with zero attached hydrogens (tertiary/aromatic N) is 6. The molecule has 0 saturated carbocycles. The summed E-state index contributed by atoms with van der Waals surface area (Å²) in [6.45, 7) is 1.33. The average Bonchev–Trinajstić information content (AvgIpc) is 3.68. The van der Waals surface area contributed by atoms with Crippen molar-refractivity contribution in [3.8, 4) is 28.1 Å². The summed E-state index contributed by atoms with van der Waals surface area (Å²) in [6, 6.07) is 16.2. The summed E-state index contributed by atoms with van der Waals surface area (Å²) in [6.07, 6.45) is 4.72. The Hall–Kier alpha value is -4.77. The Labute approximate surface area is 221 Å². The van der Waals surface area contributed by atoms with Gasteiger partial charge >= 0.3 is 5.97 Å². The zero-order valence-electron chi connectivity index (χ0n) is 20.1. The number of aromatic nitrogens is 7. The van der Waals surface area contributed by atoms with Gasteiger partial charge in [-0.1, -0.05) is 23.7 Å². The summed E-state index contributed by atoms with van der Waals surface area (Å²) in [4.78, 5) is 37.1. The van der Waals surface area contributed by atoms with Crippen molar-refractivity contribution < 1.29 is 9.63 Å². The molecule has 0 unspecified atom stereocenters. The fraction of sp³-hybridized carbons (Fsp3) is 0.154. The fourth-order valence-electron chi connectivity index (χ4n) is 4.72. The van der Waals surface area contributed by atoms with Crippen molar-refractivity contribution in [2.45, 2.75) is 25.8 Å². The molecule has 5 aromatic rings. The van der Waals surface area contributed by atoms with E-state index in [4.69, 9.17) is 16.4 Å². The highest BCUT2D eigenvalue weighted by atomic mass is 35.5. The number of H-pyrrole nitrogens is 1. The number of nitrogens with one attached hydrogen (secondary N) is 2. The minimum Gasteiger partial charge on any atom is -0.344 e. The number of rotatable bonds is 6. The lowest BCUT2D eigenvalue weighted by atomic mass is 10.0. The van der Waals surface area contributed by atoms with E-state index in [1.54, 1.807) is 39.7 Å². The number of aromatic amines is 1. The number of aryl methyl sites for hydroxylation is 1. The second kappa shape index (κ2) is 9.60. The van der Waals surface area contributed by atoms with Gasteiger partial charge in [-0.05, 0) is 70.8 Å². The molecule has 0 aliphatic carbocycles. The first-order chi connectivity index (χ1) is 18.5. The number of halogens is 1. The van der Waals surface area contributed by atoms with Crippen LogP contribution in [0.3, 0.4) is 0 Å². The number of imidazole rings is 1. The number of carbonyl (C=O) groups excluding carboxylic acids is 1. The second-order valence-electron chi connectivity index (χ2n) is 8.87. The van der Waals surface area contributed by atoms with Gasteiger partial charge in [0, 0.05) is 29.3 Å². The molecular formula is C26H21ClN8O3. The van der Waals surface area contributed by atoms with E-state index in [-0.39, 0.29) is 11.6 Å². The van der Waals surface area contributed by atoms with Gasteiger partial charge in [-0.3, -0.25) is 9.59 Å². The summed E-state index contributed by atoms with van der Waals surface area (Å²) in [7, 11) is 0. The number of tetrazole rings is 1. The quantitative estimate of drug-likeness (QED) is 0.316. The highest BCUT2D eigenvalue weighted by Gasteiger charge is 2.28. The summed E-state index contributed by atoms with van der Waals surface area (Å²) >= 11 is 6.30. The van der Waals surface area contributed by atoms with E-state index >= 15 is 0 Å². The van der Waals surface area contributed by atoms with Crippen LogP contribution in [0.2, 0.25) is 5.02 Å². The number of carbonyl (C=O) groups is 1. The molecule has 38 heavy (non-hydrogen) atoms. The first-order valence-corrected chi connectivity index (χ1v) is 12.2. The van der Waals surface area contributed by atoms with Crippen molar-refractivity contribution in [2.75, 3.05) is 5.48 Å². The Balaban J connectivity index is 1.29. The molecule has 0 spiro atoms. The van der Waals surface area contributed by atoms with E-state index in [0.29, 0.717) is 16.5 Å². The van der Waals surface area contributed by atoms with Crippen molar-refractivity contribution in [3.05, 3.63) is 94.0 Å². The number of benzene rings is 2. The highest BCUT2D eigenvalue weighted by molar-refractivity contribution is 6.31. The van der Waals surface area contributed by atoms with E-state index in [1.807, 2.05) is 30.3 Å². The lowest BCUT2D eigenvalue weighted by molar-refractivity contribution is -0.138. The largest absolute Gasteiger partial charge is 0.344 e. The van der Waals surface area contributed by atoms with Crippen LogP contribution in [0.5, 0.6) is 0 Å². The molecule has 0 fully saturated rings. The minimum atomic E-state index is -0.424. The smallest absolute Gasteiger partial charge is 0.329 e. The van der Waals surface area contributed by atoms with Gasteiger partial charge in [-0.2, -0.15) is 4.68 Å². The van der Waals surface area contributed by atoms with Crippen LogP contribution in [0.15, 0.2) is 71.9 Å². The normalized spacial score (nSPS) is 14.3.